The van der Waals surface area contributed by atoms with E-state index < -0.39 is 0 Å². The van der Waals surface area contributed by atoms with E-state index in [9.17, 15) is 0 Å². The van der Waals surface area contributed by atoms with E-state index in [4.69, 9.17) is 15.2 Å². The van der Waals surface area contributed by atoms with Gasteiger partial charge >= 0.3 is 0 Å². The monoisotopic (exact) mass is 280 g/mol. The molecular formula is C16H28N2O2. The Balaban J connectivity index is 2.38. The van der Waals surface area contributed by atoms with Crippen LogP contribution in [0.3, 0.4) is 0 Å². The minimum absolute atomic E-state index is 0.549. The van der Waals surface area contributed by atoms with E-state index in [-0.39, 0.29) is 0 Å². The fraction of sp³-hybridized carbons (Fsp3) is 0.625. The molecule has 0 aliphatic heterocycles. The van der Waals surface area contributed by atoms with Crippen molar-refractivity contribution in [3.8, 4) is 5.75 Å². The van der Waals surface area contributed by atoms with Gasteiger partial charge in [0.2, 0.25) is 0 Å². The standard InChI is InChI=1S/C16H28N2O2/c1-4-14(2)18(9-11-19-3)10-12-20-16-7-5-15(13-17)6-8-16/h5-8,14H,4,9-13,17H2,1-3H3. The van der Waals surface area contributed by atoms with Crippen LogP contribution in [-0.2, 0) is 11.3 Å². The maximum Gasteiger partial charge on any atom is 0.119 e. The number of ether oxygens (including phenoxy) is 2. The van der Waals surface area contributed by atoms with Crippen molar-refractivity contribution in [3.63, 3.8) is 0 Å². The summed E-state index contributed by atoms with van der Waals surface area (Å²) in [6, 6.07) is 8.52. The van der Waals surface area contributed by atoms with Gasteiger partial charge in [0, 0.05) is 32.8 Å². The molecule has 0 radical (unpaired) electrons. The summed E-state index contributed by atoms with van der Waals surface area (Å²) in [4.78, 5) is 2.40. The van der Waals surface area contributed by atoms with Gasteiger partial charge in [-0.3, -0.25) is 4.90 Å². The van der Waals surface area contributed by atoms with Crippen LogP contribution in [0.5, 0.6) is 5.75 Å². The van der Waals surface area contributed by atoms with Crippen LogP contribution in [0.4, 0.5) is 0 Å². The molecular weight excluding hydrogens is 252 g/mol. The molecule has 1 unspecified atom stereocenters. The van der Waals surface area contributed by atoms with Gasteiger partial charge in [0.1, 0.15) is 12.4 Å². The molecule has 0 amide bonds. The van der Waals surface area contributed by atoms with Crippen LogP contribution >= 0.6 is 0 Å². The van der Waals surface area contributed by atoms with Crippen molar-refractivity contribution in [1.29, 1.82) is 0 Å². The smallest absolute Gasteiger partial charge is 0.119 e. The SMILES string of the molecule is CCC(C)N(CCOC)CCOc1ccc(CN)cc1. The highest BCUT2D eigenvalue weighted by molar-refractivity contribution is 5.27. The quantitative estimate of drug-likeness (QED) is 0.714. The van der Waals surface area contributed by atoms with Crippen LogP contribution in [0.2, 0.25) is 0 Å². The van der Waals surface area contributed by atoms with E-state index in [0.29, 0.717) is 19.2 Å². The number of hydrogen-bond donors (Lipinski definition) is 1. The molecule has 0 aliphatic rings. The topological polar surface area (TPSA) is 47.7 Å². The zero-order valence-electron chi connectivity index (χ0n) is 13.0. The van der Waals surface area contributed by atoms with Crippen molar-refractivity contribution in [2.75, 3.05) is 33.4 Å². The highest BCUT2D eigenvalue weighted by atomic mass is 16.5. The van der Waals surface area contributed by atoms with Crippen molar-refractivity contribution in [2.45, 2.75) is 32.9 Å². The Kier molecular flexibility index (Phi) is 8.26. The molecule has 0 spiro atoms. The molecule has 1 aromatic rings. The summed E-state index contributed by atoms with van der Waals surface area (Å²) in [5, 5.41) is 0. The van der Waals surface area contributed by atoms with Gasteiger partial charge in [-0.2, -0.15) is 0 Å². The Bertz CT molecular complexity index is 354. The second-order valence-electron chi connectivity index (χ2n) is 4.98. The molecule has 0 fully saturated rings. The van der Waals surface area contributed by atoms with Crippen molar-refractivity contribution in [3.05, 3.63) is 29.8 Å². The molecule has 0 saturated heterocycles. The van der Waals surface area contributed by atoms with Crippen LogP contribution in [0, 0.1) is 0 Å². The predicted molar refractivity (Wildman–Crippen MR) is 83.0 cm³/mol. The summed E-state index contributed by atoms with van der Waals surface area (Å²) in [6.07, 6.45) is 1.13. The van der Waals surface area contributed by atoms with E-state index in [2.05, 4.69) is 18.7 Å². The lowest BCUT2D eigenvalue weighted by Gasteiger charge is -2.27. The third-order valence-electron chi connectivity index (χ3n) is 3.60. The third-order valence-corrected chi connectivity index (χ3v) is 3.60. The van der Waals surface area contributed by atoms with Gasteiger partial charge in [-0.15, -0.1) is 0 Å². The number of nitrogens with zero attached hydrogens (tertiary/aromatic N) is 1. The fourth-order valence-corrected chi connectivity index (χ4v) is 2.02. The molecule has 114 valence electrons. The normalized spacial score (nSPS) is 12.7. The third kappa shape index (κ3) is 5.90. The molecule has 0 saturated carbocycles. The van der Waals surface area contributed by atoms with Gasteiger partial charge in [-0.05, 0) is 31.0 Å². The Morgan fingerprint density at radius 2 is 1.80 bits per heavy atom. The molecule has 20 heavy (non-hydrogen) atoms. The highest BCUT2D eigenvalue weighted by Gasteiger charge is 2.11. The number of nitrogens with two attached hydrogens (primary N) is 1. The van der Waals surface area contributed by atoms with Gasteiger partial charge < -0.3 is 15.2 Å². The van der Waals surface area contributed by atoms with Crippen molar-refractivity contribution >= 4 is 0 Å². The second-order valence-corrected chi connectivity index (χ2v) is 4.98. The van der Waals surface area contributed by atoms with Crippen molar-refractivity contribution in [1.82, 2.24) is 4.90 Å². The van der Waals surface area contributed by atoms with Crippen LogP contribution in [-0.4, -0.2) is 44.4 Å². The maximum absolute atomic E-state index is 5.79. The Morgan fingerprint density at radius 1 is 1.15 bits per heavy atom. The lowest BCUT2D eigenvalue weighted by Crippen LogP contribution is -2.38. The Morgan fingerprint density at radius 3 is 2.35 bits per heavy atom. The van der Waals surface area contributed by atoms with Gasteiger partial charge in [0.25, 0.3) is 0 Å². The van der Waals surface area contributed by atoms with Gasteiger partial charge in [-0.1, -0.05) is 19.1 Å². The lowest BCUT2D eigenvalue weighted by atomic mass is 10.2. The molecule has 4 nitrogen and oxygen atoms in total. The predicted octanol–water partition coefficient (Wildman–Crippen LogP) is 2.27. The average Bonchev–Trinajstić information content (AvgIpc) is 2.50. The van der Waals surface area contributed by atoms with Gasteiger partial charge in [-0.25, -0.2) is 0 Å². The average molecular weight is 280 g/mol. The molecule has 2 N–H and O–H groups in total. The summed E-state index contributed by atoms with van der Waals surface area (Å²) < 4.78 is 11.0. The zero-order chi connectivity index (χ0) is 14.8. The van der Waals surface area contributed by atoms with E-state index in [1.807, 2.05) is 24.3 Å². The molecule has 1 atom stereocenters. The van der Waals surface area contributed by atoms with E-state index in [1.54, 1.807) is 7.11 Å². The summed E-state index contributed by atoms with van der Waals surface area (Å²) >= 11 is 0. The van der Waals surface area contributed by atoms with Crippen LogP contribution in [0.15, 0.2) is 24.3 Å². The lowest BCUT2D eigenvalue weighted by molar-refractivity contribution is 0.109. The first-order valence-electron chi connectivity index (χ1n) is 7.36. The number of methoxy groups -OCH3 is 1. The van der Waals surface area contributed by atoms with Crippen molar-refractivity contribution < 1.29 is 9.47 Å². The Labute approximate surface area is 122 Å². The molecule has 0 aliphatic carbocycles. The first-order valence-corrected chi connectivity index (χ1v) is 7.36. The first-order chi connectivity index (χ1) is 9.71. The molecule has 4 heteroatoms. The maximum atomic E-state index is 5.79. The minimum atomic E-state index is 0.549. The summed E-state index contributed by atoms with van der Waals surface area (Å²) in [7, 11) is 1.74. The second kappa shape index (κ2) is 9.75. The number of hydrogen-bond acceptors (Lipinski definition) is 4. The van der Waals surface area contributed by atoms with E-state index >= 15 is 0 Å². The summed E-state index contributed by atoms with van der Waals surface area (Å²) in [6.45, 7) is 8.32. The fourth-order valence-electron chi connectivity index (χ4n) is 2.02. The molecule has 1 rings (SSSR count). The first kappa shape index (κ1) is 17.0. The minimum Gasteiger partial charge on any atom is -0.492 e. The van der Waals surface area contributed by atoms with Crippen LogP contribution in [0.25, 0.3) is 0 Å². The molecule has 0 aromatic heterocycles. The van der Waals surface area contributed by atoms with E-state index in [1.165, 1.54) is 0 Å². The van der Waals surface area contributed by atoms with E-state index in [0.717, 1.165) is 37.4 Å². The van der Waals surface area contributed by atoms with Crippen LogP contribution < -0.4 is 10.5 Å². The molecule has 0 bridgehead atoms. The number of rotatable bonds is 10. The summed E-state index contributed by atoms with van der Waals surface area (Å²) in [5.74, 6) is 0.901. The van der Waals surface area contributed by atoms with Gasteiger partial charge in [0.15, 0.2) is 0 Å². The Hall–Kier alpha value is -1.10. The van der Waals surface area contributed by atoms with Crippen molar-refractivity contribution in [2.24, 2.45) is 5.73 Å². The largest absolute Gasteiger partial charge is 0.492 e. The van der Waals surface area contributed by atoms with Gasteiger partial charge in [0.05, 0.1) is 6.61 Å². The molecule has 0 heterocycles. The zero-order valence-corrected chi connectivity index (χ0v) is 13.0. The summed E-state index contributed by atoms with van der Waals surface area (Å²) in [5.41, 5.74) is 6.70. The highest BCUT2D eigenvalue weighted by Crippen LogP contribution is 2.12. The van der Waals surface area contributed by atoms with Crippen LogP contribution in [0.1, 0.15) is 25.8 Å². The number of benzene rings is 1. The molecule has 1 aromatic carbocycles.